The molecule has 0 aromatic rings. The molecule has 1 aliphatic carbocycles. The van der Waals surface area contributed by atoms with Crippen molar-refractivity contribution in [2.24, 2.45) is 0 Å². The Hall–Kier alpha value is -1.18. The van der Waals surface area contributed by atoms with E-state index < -0.39 is 0 Å². The molecule has 64 valence electrons. The van der Waals surface area contributed by atoms with Crippen LogP contribution in [-0.4, -0.2) is 11.6 Å². The third kappa shape index (κ3) is 2.16. The standard InChI is InChI=1S/C10H12O2/c1-2-3-4-8-7-9(11)5-6-10(8)12/h4-6H,2-3,7H2,1H3/b8-4+. The molecule has 0 unspecified atom stereocenters. The molecule has 0 heterocycles. The molecule has 0 N–H and O–H groups in total. The first-order valence-electron chi connectivity index (χ1n) is 4.18. The molecule has 0 amide bonds. The summed E-state index contributed by atoms with van der Waals surface area (Å²) in [4.78, 5) is 22.0. The van der Waals surface area contributed by atoms with E-state index in [-0.39, 0.29) is 18.0 Å². The largest absolute Gasteiger partial charge is 0.294 e. The van der Waals surface area contributed by atoms with Crippen LogP contribution in [0.5, 0.6) is 0 Å². The average molecular weight is 164 g/mol. The Morgan fingerprint density at radius 3 is 2.83 bits per heavy atom. The van der Waals surface area contributed by atoms with Gasteiger partial charge in [-0.2, -0.15) is 0 Å². The van der Waals surface area contributed by atoms with E-state index in [4.69, 9.17) is 0 Å². The van der Waals surface area contributed by atoms with Crippen molar-refractivity contribution >= 4 is 11.6 Å². The fourth-order valence-electron chi connectivity index (χ4n) is 1.10. The lowest BCUT2D eigenvalue weighted by Crippen LogP contribution is -2.10. The quantitative estimate of drug-likeness (QED) is 0.583. The van der Waals surface area contributed by atoms with Crippen LogP contribution in [0.2, 0.25) is 0 Å². The predicted molar refractivity (Wildman–Crippen MR) is 46.8 cm³/mol. The molecule has 1 aliphatic rings. The average Bonchev–Trinajstić information content (AvgIpc) is 2.07. The van der Waals surface area contributed by atoms with Gasteiger partial charge in [0.2, 0.25) is 0 Å². The van der Waals surface area contributed by atoms with Gasteiger partial charge in [0.15, 0.2) is 11.6 Å². The molecule has 0 saturated carbocycles. The molecule has 0 bridgehead atoms. The van der Waals surface area contributed by atoms with Crippen LogP contribution in [0, 0.1) is 0 Å². The number of allylic oxidation sites excluding steroid dienone is 4. The summed E-state index contributed by atoms with van der Waals surface area (Å²) in [5.74, 6) is 0.0139. The van der Waals surface area contributed by atoms with Crippen LogP contribution in [-0.2, 0) is 9.59 Å². The number of carbonyl (C=O) groups excluding carboxylic acids is 2. The summed E-state index contributed by atoms with van der Waals surface area (Å²) in [7, 11) is 0. The van der Waals surface area contributed by atoms with E-state index in [0.29, 0.717) is 5.57 Å². The van der Waals surface area contributed by atoms with Crippen molar-refractivity contribution in [3.05, 3.63) is 23.8 Å². The summed E-state index contributed by atoms with van der Waals surface area (Å²) in [5.41, 5.74) is 0.657. The van der Waals surface area contributed by atoms with E-state index in [1.54, 1.807) is 0 Å². The third-order valence-electron chi connectivity index (χ3n) is 1.78. The monoisotopic (exact) mass is 164 g/mol. The van der Waals surface area contributed by atoms with E-state index >= 15 is 0 Å². The second-order valence-electron chi connectivity index (χ2n) is 2.86. The second kappa shape index (κ2) is 4.00. The van der Waals surface area contributed by atoms with Gasteiger partial charge >= 0.3 is 0 Å². The number of carbonyl (C=O) groups is 2. The van der Waals surface area contributed by atoms with E-state index in [1.807, 2.05) is 13.0 Å². The Bertz CT molecular complexity index is 259. The van der Waals surface area contributed by atoms with Crippen molar-refractivity contribution in [1.29, 1.82) is 0 Å². The molecule has 0 saturated heterocycles. The fraction of sp³-hybridized carbons (Fsp3) is 0.400. The maximum atomic E-state index is 11.1. The lowest BCUT2D eigenvalue weighted by Gasteiger charge is -2.05. The first-order chi connectivity index (χ1) is 5.74. The molecule has 0 aromatic carbocycles. The lowest BCUT2D eigenvalue weighted by atomic mass is 9.97. The summed E-state index contributed by atoms with van der Waals surface area (Å²) in [6.07, 6.45) is 6.74. The van der Waals surface area contributed by atoms with Gasteiger partial charge in [-0.3, -0.25) is 9.59 Å². The Labute approximate surface area is 72.0 Å². The maximum absolute atomic E-state index is 11.1. The highest BCUT2D eigenvalue weighted by Gasteiger charge is 2.14. The van der Waals surface area contributed by atoms with Crippen LogP contribution in [0.1, 0.15) is 26.2 Å². The maximum Gasteiger partial charge on any atom is 0.182 e. The second-order valence-corrected chi connectivity index (χ2v) is 2.86. The molecular weight excluding hydrogens is 152 g/mol. The number of rotatable bonds is 2. The van der Waals surface area contributed by atoms with Gasteiger partial charge < -0.3 is 0 Å². The van der Waals surface area contributed by atoms with Crippen LogP contribution in [0.25, 0.3) is 0 Å². The predicted octanol–water partition coefficient (Wildman–Crippen LogP) is 1.81. The molecule has 12 heavy (non-hydrogen) atoms. The van der Waals surface area contributed by atoms with Crippen molar-refractivity contribution in [2.45, 2.75) is 26.2 Å². The highest BCUT2D eigenvalue weighted by molar-refractivity contribution is 6.14. The summed E-state index contributed by atoms with van der Waals surface area (Å²) >= 11 is 0. The van der Waals surface area contributed by atoms with Gasteiger partial charge in [-0.05, 0) is 18.6 Å². The molecule has 2 nitrogen and oxygen atoms in total. The first kappa shape index (κ1) is 8.91. The van der Waals surface area contributed by atoms with Crippen molar-refractivity contribution in [3.8, 4) is 0 Å². The van der Waals surface area contributed by atoms with Gasteiger partial charge in [0.1, 0.15) is 0 Å². The molecule has 1 rings (SSSR count). The number of hydrogen-bond donors (Lipinski definition) is 0. The zero-order valence-electron chi connectivity index (χ0n) is 7.17. The van der Waals surface area contributed by atoms with Gasteiger partial charge in [-0.1, -0.05) is 19.4 Å². The minimum absolute atomic E-state index is 0.0111. The van der Waals surface area contributed by atoms with Gasteiger partial charge in [0.05, 0.1) is 0 Å². The molecule has 0 radical (unpaired) electrons. The van der Waals surface area contributed by atoms with Crippen molar-refractivity contribution in [3.63, 3.8) is 0 Å². The molecular formula is C10H12O2. The highest BCUT2D eigenvalue weighted by Crippen LogP contribution is 2.12. The van der Waals surface area contributed by atoms with E-state index in [9.17, 15) is 9.59 Å². The van der Waals surface area contributed by atoms with Crippen LogP contribution >= 0.6 is 0 Å². The van der Waals surface area contributed by atoms with Crippen LogP contribution in [0.3, 0.4) is 0 Å². The van der Waals surface area contributed by atoms with E-state index in [0.717, 1.165) is 12.8 Å². The first-order valence-corrected chi connectivity index (χ1v) is 4.18. The SMILES string of the molecule is CCC/C=C1\CC(=O)C=CC1=O. The number of unbranched alkanes of at least 4 members (excludes halogenated alkanes) is 1. The van der Waals surface area contributed by atoms with Gasteiger partial charge in [0.25, 0.3) is 0 Å². The fourth-order valence-corrected chi connectivity index (χ4v) is 1.10. The molecule has 2 heteroatoms. The number of hydrogen-bond acceptors (Lipinski definition) is 2. The molecule has 0 atom stereocenters. The van der Waals surface area contributed by atoms with Crippen molar-refractivity contribution in [2.75, 3.05) is 0 Å². The number of ketones is 2. The van der Waals surface area contributed by atoms with E-state index in [2.05, 4.69) is 0 Å². The van der Waals surface area contributed by atoms with Gasteiger partial charge in [0, 0.05) is 12.0 Å². The van der Waals surface area contributed by atoms with Crippen LogP contribution in [0.4, 0.5) is 0 Å². The van der Waals surface area contributed by atoms with Gasteiger partial charge in [-0.15, -0.1) is 0 Å². The van der Waals surface area contributed by atoms with Crippen LogP contribution < -0.4 is 0 Å². The minimum Gasteiger partial charge on any atom is -0.294 e. The Balaban J connectivity index is 2.72. The van der Waals surface area contributed by atoms with Crippen LogP contribution in [0.15, 0.2) is 23.8 Å². The topological polar surface area (TPSA) is 34.1 Å². The van der Waals surface area contributed by atoms with Crippen molar-refractivity contribution < 1.29 is 9.59 Å². The molecule has 0 spiro atoms. The Morgan fingerprint density at radius 2 is 2.17 bits per heavy atom. The van der Waals surface area contributed by atoms with Crippen molar-refractivity contribution in [1.82, 2.24) is 0 Å². The lowest BCUT2D eigenvalue weighted by molar-refractivity contribution is -0.118. The Kier molecular flexibility index (Phi) is 2.97. The smallest absolute Gasteiger partial charge is 0.182 e. The summed E-state index contributed by atoms with van der Waals surface area (Å²) < 4.78 is 0. The molecule has 0 aromatic heterocycles. The summed E-state index contributed by atoms with van der Waals surface area (Å²) in [5, 5.41) is 0. The van der Waals surface area contributed by atoms with E-state index in [1.165, 1.54) is 12.2 Å². The zero-order chi connectivity index (χ0) is 8.97. The highest BCUT2D eigenvalue weighted by atomic mass is 16.1. The normalized spacial score (nSPS) is 20.6. The Morgan fingerprint density at radius 1 is 1.42 bits per heavy atom. The van der Waals surface area contributed by atoms with Gasteiger partial charge in [-0.25, -0.2) is 0 Å². The molecule has 0 aliphatic heterocycles. The molecule has 0 fully saturated rings. The zero-order valence-corrected chi connectivity index (χ0v) is 7.17. The third-order valence-corrected chi connectivity index (χ3v) is 1.78. The summed E-state index contributed by atoms with van der Waals surface area (Å²) in [6.45, 7) is 2.04. The minimum atomic E-state index is -0.0111. The summed E-state index contributed by atoms with van der Waals surface area (Å²) in [6, 6.07) is 0.